The maximum atomic E-state index is 6.54. The van der Waals surface area contributed by atoms with Crippen molar-refractivity contribution in [3.8, 4) is 56.0 Å². The van der Waals surface area contributed by atoms with Gasteiger partial charge in [0.25, 0.3) is 0 Å². The Bertz CT molecular complexity index is 2670. The lowest BCUT2D eigenvalue weighted by atomic mass is 9.80. The zero-order valence-corrected chi connectivity index (χ0v) is 28.1. The van der Waals surface area contributed by atoms with Gasteiger partial charge in [-0.3, -0.25) is 0 Å². The third-order valence-corrected chi connectivity index (χ3v) is 10.8. The lowest BCUT2D eigenvalue weighted by Crippen LogP contribution is -2.15. The molecule has 0 saturated heterocycles. The molecule has 0 atom stereocenters. The number of fused-ring (bicyclic) bond motifs is 3. The van der Waals surface area contributed by atoms with Crippen LogP contribution in [0.15, 0.2) is 170 Å². The first-order valence-corrected chi connectivity index (χ1v) is 17.4. The molecule has 50 heavy (non-hydrogen) atoms. The number of hydrogen-bond acceptors (Lipinski definition) is 1. The summed E-state index contributed by atoms with van der Waals surface area (Å²) < 4.78 is 6.54. The van der Waals surface area contributed by atoms with Gasteiger partial charge in [0.05, 0.1) is 0 Å². The molecule has 10 rings (SSSR count). The first kappa shape index (κ1) is 28.8. The third kappa shape index (κ3) is 4.55. The van der Waals surface area contributed by atoms with Crippen molar-refractivity contribution in [1.29, 1.82) is 0 Å². The minimum atomic E-state index is -0.137. The van der Waals surface area contributed by atoms with Gasteiger partial charge in [-0.25, -0.2) is 0 Å². The zero-order valence-electron chi connectivity index (χ0n) is 28.1. The van der Waals surface area contributed by atoms with Gasteiger partial charge in [0.2, 0.25) is 0 Å². The Balaban J connectivity index is 1.11. The lowest BCUT2D eigenvalue weighted by Gasteiger charge is -2.23. The van der Waals surface area contributed by atoms with Crippen molar-refractivity contribution in [2.45, 2.75) is 19.3 Å². The molecule has 0 spiro atoms. The van der Waals surface area contributed by atoms with Gasteiger partial charge < -0.3 is 4.74 Å². The molecule has 9 aromatic carbocycles. The summed E-state index contributed by atoms with van der Waals surface area (Å²) in [4.78, 5) is 0. The summed E-state index contributed by atoms with van der Waals surface area (Å²) in [5.41, 5.74) is 12.4. The van der Waals surface area contributed by atoms with Crippen LogP contribution in [0.3, 0.4) is 0 Å². The number of para-hydroxylation sites is 1. The molecule has 1 aliphatic carbocycles. The van der Waals surface area contributed by atoms with E-state index in [1.54, 1.807) is 0 Å². The molecule has 0 aliphatic heterocycles. The summed E-state index contributed by atoms with van der Waals surface area (Å²) >= 11 is 0. The van der Waals surface area contributed by atoms with Crippen molar-refractivity contribution in [3.05, 3.63) is 181 Å². The van der Waals surface area contributed by atoms with Crippen LogP contribution in [0, 0.1) is 0 Å². The number of rotatable bonds is 5. The molecule has 1 heteroatoms. The Morgan fingerprint density at radius 3 is 1.46 bits per heavy atom. The highest BCUT2D eigenvalue weighted by atomic mass is 16.5. The molecule has 0 N–H and O–H groups in total. The van der Waals surface area contributed by atoms with Gasteiger partial charge in [0.1, 0.15) is 11.5 Å². The SMILES string of the molecule is CC1(C)c2cc(-c3ccccc3)ccc2-c2ccc(-c3cc(Oc4ccccc4)cc(-c4cc5ccc6cccc7ccc(c4)c5c67)c3)cc21. The van der Waals surface area contributed by atoms with E-state index in [0.29, 0.717) is 0 Å². The normalized spacial score (nSPS) is 13.2. The summed E-state index contributed by atoms with van der Waals surface area (Å²) in [7, 11) is 0. The molecule has 236 valence electrons. The van der Waals surface area contributed by atoms with Crippen molar-refractivity contribution < 1.29 is 4.74 Å². The van der Waals surface area contributed by atoms with Gasteiger partial charge in [-0.05, 0) is 143 Å². The molecule has 0 aromatic heterocycles. The maximum Gasteiger partial charge on any atom is 0.128 e. The largest absolute Gasteiger partial charge is 0.457 e. The van der Waals surface area contributed by atoms with Crippen LogP contribution in [0.2, 0.25) is 0 Å². The molecule has 0 unspecified atom stereocenters. The summed E-state index contributed by atoms with van der Waals surface area (Å²) in [5.74, 6) is 1.65. The average Bonchev–Trinajstić information content (AvgIpc) is 3.39. The highest BCUT2D eigenvalue weighted by molar-refractivity contribution is 6.23. The van der Waals surface area contributed by atoms with Crippen molar-refractivity contribution in [3.63, 3.8) is 0 Å². The van der Waals surface area contributed by atoms with Crippen molar-refractivity contribution in [2.75, 3.05) is 0 Å². The smallest absolute Gasteiger partial charge is 0.128 e. The molecule has 0 fully saturated rings. The molecular weight excluding hydrogens is 605 g/mol. The van der Waals surface area contributed by atoms with Crippen LogP contribution >= 0.6 is 0 Å². The van der Waals surface area contributed by atoms with E-state index in [9.17, 15) is 0 Å². The van der Waals surface area contributed by atoms with Crippen LogP contribution in [0.4, 0.5) is 0 Å². The molecule has 1 aliphatic rings. The Kier molecular flexibility index (Phi) is 6.29. The van der Waals surface area contributed by atoms with E-state index in [1.807, 2.05) is 30.3 Å². The minimum absolute atomic E-state index is 0.137. The highest BCUT2D eigenvalue weighted by Gasteiger charge is 2.36. The number of benzene rings is 9. The third-order valence-electron chi connectivity index (χ3n) is 10.8. The predicted molar refractivity (Wildman–Crippen MR) is 211 cm³/mol. The Morgan fingerprint density at radius 1 is 0.340 bits per heavy atom. The molecular formula is C49H34O. The van der Waals surface area contributed by atoms with Crippen LogP contribution in [-0.4, -0.2) is 0 Å². The van der Waals surface area contributed by atoms with Crippen LogP contribution in [-0.2, 0) is 5.41 Å². The highest BCUT2D eigenvalue weighted by Crippen LogP contribution is 2.51. The second-order valence-electron chi connectivity index (χ2n) is 14.2. The average molecular weight is 639 g/mol. The van der Waals surface area contributed by atoms with E-state index in [0.717, 1.165) is 22.6 Å². The molecule has 1 nitrogen and oxygen atoms in total. The lowest BCUT2D eigenvalue weighted by molar-refractivity contribution is 0.483. The summed E-state index contributed by atoms with van der Waals surface area (Å²) in [6.07, 6.45) is 0. The van der Waals surface area contributed by atoms with Crippen LogP contribution in [0.25, 0.3) is 76.8 Å². The van der Waals surface area contributed by atoms with E-state index in [1.165, 1.54) is 76.8 Å². The van der Waals surface area contributed by atoms with Crippen molar-refractivity contribution in [1.82, 2.24) is 0 Å². The fraction of sp³-hybridized carbons (Fsp3) is 0.0612. The first-order valence-electron chi connectivity index (χ1n) is 17.4. The molecule has 0 radical (unpaired) electrons. The monoisotopic (exact) mass is 638 g/mol. The number of ether oxygens (including phenoxy) is 1. The van der Waals surface area contributed by atoms with E-state index in [-0.39, 0.29) is 5.41 Å². The topological polar surface area (TPSA) is 9.23 Å². The Morgan fingerprint density at radius 2 is 0.840 bits per heavy atom. The fourth-order valence-corrected chi connectivity index (χ4v) is 8.26. The fourth-order valence-electron chi connectivity index (χ4n) is 8.26. The number of hydrogen-bond donors (Lipinski definition) is 0. The van der Waals surface area contributed by atoms with Gasteiger partial charge in [-0.2, -0.15) is 0 Å². The molecule has 0 saturated carbocycles. The van der Waals surface area contributed by atoms with Crippen molar-refractivity contribution in [2.24, 2.45) is 0 Å². The predicted octanol–water partition coefficient (Wildman–Crippen LogP) is 13.7. The van der Waals surface area contributed by atoms with Gasteiger partial charge in [0, 0.05) is 5.41 Å². The van der Waals surface area contributed by atoms with Gasteiger partial charge >= 0.3 is 0 Å². The van der Waals surface area contributed by atoms with Gasteiger partial charge in [0.15, 0.2) is 0 Å². The molecule has 0 bridgehead atoms. The van der Waals surface area contributed by atoms with Gasteiger partial charge in [-0.15, -0.1) is 0 Å². The zero-order chi connectivity index (χ0) is 33.4. The van der Waals surface area contributed by atoms with E-state index >= 15 is 0 Å². The van der Waals surface area contributed by atoms with Crippen LogP contribution in [0.1, 0.15) is 25.0 Å². The molecule has 0 heterocycles. The second-order valence-corrected chi connectivity index (χ2v) is 14.2. The minimum Gasteiger partial charge on any atom is -0.457 e. The van der Waals surface area contributed by atoms with Crippen molar-refractivity contribution >= 4 is 32.3 Å². The summed E-state index contributed by atoms with van der Waals surface area (Å²) in [5, 5.41) is 7.75. The second kappa shape index (κ2) is 10.9. The summed E-state index contributed by atoms with van der Waals surface area (Å²) in [6, 6.07) is 61.7. The van der Waals surface area contributed by atoms with Crippen LogP contribution in [0.5, 0.6) is 11.5 Å². The first-order chi connectivity index (χ1) is 24.5. The van der Waals surface area contributed by atoms with E-state index in [2.05, 4.69) is 153 Å². The molecule has 0 amide bonds. The quantitative estimate of drug-likeness (QED) is 0.170. The Hall–Kier alpha value is -6.18. The van der Waals surface area contributed by atoms with Gasteiger partial charge in [-0.1, -0.05) is 129 Å². The van der Waals surface area contributed by atoms with Crippen LogP contribution < -0.4 is 4.74 Å². The van der Waals surface area contributed by atoms with E-state index < -0.39 is 0 Å². The molecule has 9 aromatic rings. The standard InChI is InChI=1S/C49H34O/c1-49(2)45-29-34(31-10-5-3-6-11-31)20-22-43(45)44-23-21-35(30-46(44)49)39-26-40(28-42(27-39)50-41-14-7-4-8-15-41)38-24-36-18-16-32-12-9-13-33-17-19-37(25-38)48(36)47(32)33/h3-30H,1-2H3. The maximum absolute atomic E-state index is 6.54. The Labute approximate surface area is 292 Å². The van der Waals surface area contributed by atoms with E-state index in [4.69, 9.17) is 4.74 Å². The summed E-state index contributed by atoms with van der Waals surface area (Å²) in [6.45, 7) is 4.72.